The standard InChI is InChI=1S/C15H13NO3/c17-15(18)13-5-2-6-14(16-13)19-12-8-7-10-3-1-4-11(10)9-12/h2,5-9H,1,3-4H2,(H,17,18). The molecule has 0 radical (unpaired) electrons. The van der Waals surface area contributed by atoms with Crippen LogP contribution in [0.4, 0.5) is 0 Å². The molecule has 3 rings (SSSR count). The van der Waals surface area contributed by atoms with Crippen molar-refractivity contribution in [2.75, 3.05) is 0 Å². The second-order valence-corrected chi connectivity index (χ2v) is 4.55. The summed E-state index contributed by atoms with van der Waals surface area (Å²) in [7, 11) is 0. The van der Waals surface area contributed by atoms with E-state index < -0.39 is 5.97 Å². The lowest BCUT2D eigenvalue weighted by Crippen LogP contribution is -2.00. The Labute approximate surface area is 110 Å². The maximum Gasteiger partial charge on any atom is 0.354 e. The molecule has 96 valence electrons. The Morgan fingerprint density at radius 1 is 1.16 bits per heavy atom. The first-order valence-electron chi connectivity index (χ1n) is 6.22. The number of carbonyl (C=O) groups is 1. The van der Waals surface area contributed by atoms with Crippen molar-refractivity contribution in [2.45, 2.75) is 19.3 Å². The van der Waals surface area contributed by atoms with Gasteiger partial charge in [0, 0.05) is 6.07 Å². The van der Waals surface area contributed by atoms with Crippen LogP contribution in [0, 0.1) is 0 Å². The number of ether oxygens (including phenoxy) is 1. The predicted molar refractivity (Wildman–Crippen MR) is 69.7 cm³/mol. The Morgan fingerprint density at radius 3 is 2.84 bits per heavy atom. The summed E-state index contributed by atoms with van der Waals surface area (Å²) in [4.78, 5) is 14.8. The van der Waals surface area contributed by atoms with Gasteiger partial charge in [0.1, 0.15) is 5.75 Å². The third-order valence-electron chi connectivity index (χ3n) is 3.24. The van der Waals surface area contributed by atoms with Gasteiger partial charge in [-0.15, -0.1) is 0 Å². The summed E-state index contributed by atoms with van der Waals surface area (Å²) in [5.41, 5.74) is 2.67. The second-order valence-electron chi connectivity index (χ2n) is 4.55. The zero-order valence-corrected chi connectivity index (χ0v) is 10.3. The van der Waals surface area contributed by atoms with E-state index in [9.17, 15) is 4.79 Å². The summed E-state index contributed by atoms with van der Waals surface area (Å²) in [6, 6.07) is 10.7. The minimum absolute atomic E-state index is 0.0151. The lowest BCUT2D eigenvalue weighted by Gasteiger charge is -2.07. The van der Waals surface area contributed by atoms with Gasteiger partial charge in [0.15, 0.2) is 5.69 Å². The second kappa shape index (κ2) is 4.72. The summed E-state index contributed by atoms with van der Waals surface area (Å²) in [6.07, 6.45) is 3.39. The molecule has 0 fully saturated rings. The molecule has 19 heavy (non-hydrogen) atoms. The van der Waals surface area contributed by atoms with Crippen LogP contribution in [0.5, 0.6) is 11.6 Å². The molecule has 1 heterocycles. The minimum atomic E-state index is -1.06. The molecule has 0 atom stereocenters. The Balaban J connectivity index is 1.85. The van der Waals surface area contributed by atoms with Gasteiger partial charge in [0.2, 0.25) is 5.88 Å². The molecule has 1 N–H and O–H groups in total. The molecule has 0 aliphatic heterocycles. The zero-order valence-electron chi connectivity index (χ0n) is 10.3. The Bertz CT molecular complexity index is 637. The molecule has 1 aliphatic rings. The minimum Gasteiger partial charge on any atom is -0.477 e. The zero-order chi connectivity index (χ0) is 13.2. The van der Waals surface area contributed by atoms with Crippen molar-refractivity contribution in [3.05, 3.63) is 53.2 Å². The molecular weight excluding hydrogens is 242 g/mol. The smallest absolute Gasteiger partial charge is 0.354 e. The molecule has 1 aromatic heterocycles. The highest BCUT2D eigenvalue weighted by Gasteiger charge is 2.12. The first-order valence-corrected chi connectivity index (χ1v) is 6.22. The first kappa shape index (κ1) is 11.7. The fourth-order valence-corrected chi connectivity index (χ4v) is 2.32. The van der Waals surface area contributed by atoms with Gasteiger partial charge in [0.05, 0.1) is 0 Å². The normalized spacial score (nSPS) is 13.1. The van der Waals surface area contributed by atoms with Crippen molar-refractivity contribution in [2.24, 2.45) is 0 Å². The number of pyridine rings is 1. The molecule has 0 unspecified atom stereocenters. The molecule has 2 aromatic rings. The summed E-state index contributed by atoms with van der Waals surface area (Å²) < 4.78 is 5.62. The number of nitrogens with zero attached hydrogens (tertiary/aromatic N) is 1. The van der Waals surface area contributed by atoms with Crippen LogP contribution in [0.2, 0.25) is 0 Å². The lowest BCUT2D eigenvalue weighted by atomic mass is 10.1. The van der Waals surface area contributed by atoms with Crippen LogP contribution in [0.25, 0.3) is 0 Å². The average molecular weight is 255 g/mol. The number of aryl methyl sites for hydroxylation is 2. The number of aromatic nitrogens is 1. The van der Waals surface area contributed by atoms with E-state index in [2.05, 4.69) is 11.1 Å². The van der Waals surface area contributed by atoms with E-state index in [4.69, 9.17) is 9.84 Å². The number of rotatable bonds is 3. The molecule has 0 saturated carbocycles. The topological polar surface area (TPSA) is 59.4 Å². The lowest BCUT2D eigenvalue weighted by molar-refractivity contribution is 0.0689. The van der Waals surface area contributed by atoms with E-state index in [0.29, 0.717) is 11.6 Å². The maximum absolute atomic E-state index is 10.8. The van der Waals surface area contributed by atoms with E-state index in [0.717, 1.165) is 12.8 Å². The molecular formula is C15H13NO3. The van der Waals surface area contributed by atoms with Gasteiger partial charge in [0.25, 0.3) is 0 Å². The van der Waals surface area contributed by atoms with Gasteiger partial charge < -0.3 is 9.84 Å². The Hall–Kier alpha value is -2.36. The average Bonchev–Trinajstić information content (AvgIpc) is 2.86. The van der Waals surface area contributed by atoms with E-state index in [-0.39, 0.29) is 5.69 Å². The van der Waals surface area contributed by atoms with Gasteiger partial charge >= 0.3 is 5.97 Å². The van der Waals surface area contributed by atoms with Crippen LogP contribution < -0.4 is 4.74 Å². The van der Waals surface area contributed by atoms with Crippen LogP contribution in [0.1, 0.15) is 28.0 Å². The van der Waals surface area contributed by atoms with Crippen LogP contribution in [0.3, 0.4) is 0 Å². The summed E-state index contributed by atoms with van der Waals surface area (Å²) in [6.45, 7) is 0. The van der Waals surface area contributed by atoms with Crippen LogP contribution in [-0.2, 0) is 12.8 Å². The number of fused-ring (bicyclic) bond motifs is 1. The summed E-state index contributed by atoms with van der Waals surface area (Å²) in [5.74, 6) is -0.0482. The molecule has 0 spiro atoms. The molecule has 1 aliphatic carbocycles. The van der Waals surface area contributed by atoms with Gasteiger partial charge in [-0.25, -0.2) is 9.78 Å². The maximum atomic E-state index is 10.8. The van der Waals surface area contributed by atoms with Crippen molar-refractivity contribution in [1.82, 2.24) is 4.98 Å². The van der Waals surface area contributed by atoms with E-state index in [1.54, 1.807) is 12.1 Å². The molecule has 0 saturated heterocycles. The van der Waals surface area contributed by atoms with Crippen molar-refractivity contribution in [1.29, 1.82) is 0 Å². The van der Waals surface area contributed by atoms with Crippen molar-refractivity contribution < 1.29 is 14.6 Å². The fraction of sp³-hybridized carbons (Fsp3) is 0.200. The number of benzene rings is 1. The predicted octanol–water partition coefficient (Wildman–Crippen LogP) is 3.06. The van der Waals surface area contributed by atoms with Gasteiger partial charge in [-0.1, -0.05) is 12.1 Å². The Kier molecular flexibility index (Phi) is 2.91. The quantitative estimate of drug-likeness (QED) is 0.915. The molecule has 4 nitrogen and oxygen atoms in total. The molecule has 1 aromatic carbocycles. The molecule has 4 heteroatoms. The monoisotopic (exact) mass is 255 g/mol. The third kappa shape index (κ3) is 2.42. The molecule has 0 amide bonds. The number of carboxylic acids is 1. The van der Waals surface area contributed by atoms with Crippen LogP contribution in [-0.4, -0.2) is 16.1 Å². The van der Waals surface area contributed by atoms with Gasteiger partial charge in [-0.2, -0.15) is 0 Å². The van der Waals surface area contributed by atoms with E-state index >= 15 is 0 Å². The van der Waals surface area contributed by atoms with Gasteiger partial charge in [-0.05, 0) is 48.6 Å². The largest absolute Gasteiger partial charge is 0.477 e. The van der Waals surface area contributed by atoms with Crippen LogP contribution >= 0.6 is 0 Å². The van der Waals surface area contributed by atoms with Crippen molar-refractivity contribution in [3.8, 4) is 11.6 Å². The summed E-state index contributed by atoms with van der Waals surface area (Å²) >= 11 is 0. The number of hydrogen-bond acceptors (Lipinski definition) is 3. The highest BCUT2D eigenvalue weighted by molar-refractivity contribution is 5.85. The van der Waals surface area contributed by atoms with Crippen molar-refractivity contribution >= 4 is 5.97 Å². The van der Waals surface area contributed by atoms with Crippen LogP contribution in [0.15, 0.2) is 36.4 Å². The van der Waals surface area contributed by atoms with Crippen molar-refractivity contribution in [3.63, 3.8) is 0 Å². The van der Waals surface area contributed by atoms with E-state index in [1.165, 1.54) is 23.6 Å². The molecule has 0 bridgehead atoms. The third-order valence-corrected chi connectivity index (χ3v) is 3.24. The summed E-state index contributed by atoms with van der Waals surface area (Å²) in [5, 5.41) is 8.88. The highest BCUT2D eigenvalue weighted by Crippen LogP contribution is 2.28. The Morgan fingerprint density at radius 2 is 2.00 bits per heavy atom. The SMILES string of the molecule is O=C(O)c1cccc(Oc2ccc3c(c2)CCC3)n1. The highest BCUT2D eigenvalue weighted by atomic mass is 16.5. The number of carboxylic acid groups (broad SMARTS) is 1. The van der Waals surface area contributed by atoms with E-state index in [1.807, 2.05) is 12.1 Å². The first-order chi connectivity index (χ1) is 9.22. The number of aromatic carboxylic acids is 1. The van der Waals surface area contributed by atoms with Gasteiger partial charge in [-0.3, -0.25) is 0 Å². The fourth-order valence-electron chi connectivity index (χ4n) is 2.32. The number of hydrogen-bond donors (Lipinski definition) is 1.